The SMILES string of the molecule is CC(=O)O[C@H]1CC[C@@]2(C)C(=C(C#N)CC3[C@]2(C)CC[C@]2(C)C(c4cccnc4)=CC[C@@]32C)C1. The lowest BCUT2D eigenvalue weighted by Crippen LogP contribution is -2.61. The second kappa shape index (κ2) is 7.29. The number of carbonyl (C=O) groups is 1. The van der Waals surface area contributed by atoms with Gasteiger partial charge in [0, 0.05) is 31.3 Å². The molecule has 0 spiro atoms. The fraction of sp³-hybridized carbons (Fsp3) is 0.621. The van der Waals surface area contributed by atoms with E-state index in [0.29, 0.717) is 12.3 Å². The number of aromatic nitrogens is 1. The number of hydrogen-bond acceptors (Lipinski definition) is 4. The standard InChI is InChI=1S/C29H36N2O2/c1-19(32)33-22-8-10-26(2)24(16-22)21(17-30)15-25-28(4)11-9-23(20-7-6-14-31-18-20)27(28,3)12-13-29(25,26)5/h6-7,9,14,18,22,25H,8,10-13,15-16H2,1-5H3/t22-,25?,26-,27+,28-,29-/m0/s1. The van der Waals surface area contributed by atoms with E-state index in [1.54, 1.807) is 0 Å². The van der Waals surface area contributed by atoms with Crippen LogP contribution >= 0.6 is 0 Å². The number of fused-ring (bicyclic) bond motifs is 5. The van der Waals surface area contributed by atoms with Crippen LogP contribution in [0, 0.1) is 38.9 Å². The summed E-state index contributed by atoms with van der Waals surface area (Å²) >= 11 is 0. The molecule has 6 atom stereocenters. The number of ether oxygens (including phenoxy) is 1. The van der Waals surface area contributed by atoms with Crippen molar-refractivity contribution in [3.05, 3.63) is 47.3 Å². The van der Waals surface area contributed by atoms with Crippen LogP contribution in [0.1, 0.15) is 85.1 Å². The molecule has 1 aromatic heterocycles. The van der Waals surface area contributed by atoms with Gasteiger partial charge in [0.15, 0.2) is 0 Å². The Morgan fingerprint density at radius 2 is 1.91 bits per heavy atom. The Kier molecular flexibility index (Phi) is 4.95. The van der Waals surface area contributed by atoms with Crippen LogP contribution in [0.2, 0.25) is 0 Å². The first-order valence-corrected chi connectivity index (χ1v) is 12.5. The molecule has 0 radical (unpaired) electrons. The maximum atomic E-state index is 11.6. The molecule has 2 saturated carbocycles. The van der Waals surface area contributed by atoms with Gasteiger partial charge in [0.05, 0.1) is 6.07 Å². The summed E-state index contributed by atoms with van der Waals surface area (Å²) in [6.07, 6.45) is 13.0. The highest BCUT2D eigenvalue weighted by Crippen LogP contribution is 2.76. The first-order valence-electron chi connectivity index (χ1n) is 12.5. The van der Waals surface area contributed by atoms with E-state index in [4.69, 9.17) is 4.74 Å². The normalized spacial score (nSPS) is 41.9. The fourth-order valence-electron chi connectivity index (χ4n) is 8.49. The molecule has 1 aromatic rings. The van der Waals surface area contributed by atoms with Crippen LogP contribution in [0.4, 0.5) is 0 Å². The van der Waals surface area contributed by atoms with Crippen LogP contribution in [0.3, 0.4) is 0 Å². The lowest BCUT2D eigenvalue weighted by Gasteiger charge is -2.68. The Morgan fingerprint density at radius 1 is 1.12 bits per heavy atom. The van der Waals surface area contributed by atoms with Crippen LogP contribution in [-0.2, 0) is 9.53 Å². The Morgan fingerprint density at radius 3 is 2.58 bits per heavy atom. The van der Waals surface area contributed by atoms with Crippen LogP contribution in [-0.4, -0.2) is 17.1 Å². The third-order valence-electron chi connectivity index (χ3n) is 10.8. The minimum atomic E-state index is -0.219. The van der Waals surface area contributed by atoms with Gasteiger partial charge in [-0.2, -0.15) is 5.26 Å². The number of nitriles is 1. The second-order valence-corrected chi connectivity index (χ2v) is 11.9. The molecule has 0 saturated heterocycles. The molecule has 4 aliphatic rings. The van der Waals surface area contributed by atoms with Crippen molar-refractivity contribution in [3.63, 3.8) is 0 Å². The average Bonchev–Trinajstić information content (AvgIpc) is 3.06. The highest BCUT2D eigenvalue weighted by molar-refractivity contribution is 5.73. The predicted octanol–water partition coefficient (Wildman–Crippen LogP) is 6.64. The molecule has 1 unspecified atom stereocenters. The van der Waals surface area contributed by atoms with Gasteiger partial charge in [0.2, 0.25) is 0 Å². The third-order valence-corrected chi connectivity index (χ3v) is 10.8. The van der Waals surface area contributed by atoms with Gasteiger partial charge in [-0.15, -0.1) is 0 Å². The number of nitrogens with zero attached hydrogens (tertiary/aromatic N) is 2. The number of pyridine rings is 1. The molecule has 33 heavy (non-hydrogen) atoms. The first kappa shape index (κ1) is 22.4. The van der Waals surface area contributed by atoms with Crippen LogP contribution < -0.4 is 0 Å². The lowest BCUT2D eigenvalue weighted by atomic mass is 9.36. The van der Waals surface area contributed by atoms with Gasteiger partial charge in [-0.1, -0.05) is 39.8 Å². The van der Waals surface area contributed by atoms with Crippen molar-refractivity contribution >= 4 is 11.5 Å². The van der Waals surface area contributed by atoms with Crippen molar-refractivity contribution < 1.29 is 9.53 Å². The molecular weight excluding hydrogens is 408 g/mol. The first-order chi connectivity index (χ1) is 15.6. The third kappa shape index (κ3) is 2.87. The Bertz CT molecular complexity index is 1100. The van der Waals surface area contributed by atoms with Gasteiger partial charge in [-0.3, -0.25) is 9.78 Å². The van der Waals surface area contributed by atoms with Crippen molar-refractivity contribution in [2.45, 2.75) is 85.7 Å². The van der Waals surface area contributed by atoms with E-state index in [1.807, 2.05) is 18.5 Å². The smallest absolute Gasteiger partial charge is 0.302 e. The Hall–Kier alpha value is -2.41. The zero-order valence-electron chi connectivity index (χ0n) is 20.7. The minimum Gasteiger partial charge on any atom is -0.462 e. The molecular formula is C29H36N2O2. The molecule has 2 fully saturated rings. The van der Waals surface area contributed by atoms with Crippen molar-refractivity contribution in [1.82, 2.24) is 4.98 Å². The van der Waals surface area contributed by atoms with Crippen LogP contribution in [0.5, 0.6) is 0 Å². The second-order valence-electron chi connectivity index (χ2n) is 11.9. The van der Waals surface area contributed by atoms with Gasteiger partial charge in [-0.25, -0.2) is 0 Å². The molecule has 174 valence electrons. The summed E-state index contributed by atoms with van der Waals surface area (Å²) in [5, 5.41) is 10.3. The number of esters is 1. The van der Waals surface area contributed by atoms with E-state index in [1.165, 1.54) is 23.6 Å². The highest BCUT2D eigenvalue weighted by atomic mass is 16.5. The molecule has 1 heterocycles. The van der Waals surface area contributed by atoms with Gasteiger partial charge < -0.3 is 4.74 Å². The molecule has 4 heteroatoms. The van der Waals surface area contributed by atoms with Crippen molar-refractivity contribution in [2.24, 2.45) is 27.6 Å². The highest BCUT2D eigenvalue weighted by Gasteiger charge is 2.68. The molecule has 0 aromatic carbocycles. The van der Waals surface area contributed by atoms with Crippen molar-refractivity contribution in [3.8, 4) is 6.07 Å². The van der Waals surface area contributed by atoms with E-state index in [-0.39, 0.29) is 33.7 Å². The summed E-state index contributed by atoms with van der Waals surface area (Å²) in [5.74, 6) is 0.214. The van der Waals surface area contributed by atoms with E-state index in [2.05, 4.69) is 50.9 Å². The average molecular weight is 445 g/mol. The zero-order chi connectivity index (χ0) is 23.6. The molecule has 0 amide bonds. The molecule has 0 N–H and O–H groups in total. The van der Waals surface area contributed by atoms with Gasteiger partial charge >= 0.3 is 5.97 Å². The Labute approximate surface area is 198 Å². The maximum absolute atomic E-state index is 11.6. The number of carbonyl (C=O) groups excluding carboxylic acids is 1. The van der Waals surface area contributed by atoms with Crippen molar-refractivity contribution in [2.75, 3.05) is 0 Å². The van der Waals surface area contributed by atoms with E-state index in [0.717, 1.165) is 44.1 Å². The summed E-state index contributed by atoms with van der Waals surface area (Å²) in [7, 11) is 0. The van der Waals surface area contributed by atoms with Gasteiger partial charge in [0.25, 0.3) is 0 Å². The summed E-state index contributed by atoms with van der Waals surface area (Å²) in [4.78, 5) is 16.0. The molecule has 5 rings (SSSR count). The molecule has 4 nitrogen and oxygen atoms in total. The van der Waals surface area contributed by atoms with E-state index >= 15 is 0 Å². The summed E-state index contributed by atoms with van der Waals surface area (Å²) in [5.41, 5.74) is 5.17. The monoisotopic (exact) mass is 444 g/mol. The quantitative estimate of drug-likeness (QED) is 0.479. The Balaban J connectivity index is 1.57. The fourth-order valence-corrected chi connectivity index (χ4v) is 8.49. The van der Waals surface area contributed by atoms with Gasteiger partial charge in [0.1, 0.15) is 6.10 Å². The largest absolute Gasteiger partial charge is 0.462 e. The van der Waals surface area contributed by atoms with E-state index in [9.17, 15) is 10.1 Å². The number of hydrogen-bond donors (Lipinski definition) is 0. The molecule has 0 aliphatic heterocycles. The minimum absolute atomic E-state index is 0.0287. The zero-order valence-corrected chi connectivity index (χ0v) is 20.7. The topological polar surface area (TPSA) is 63.0 Å². The lowest BCUT2D eigenvalue weighted by molar-refractivity contribution is -0.156. The molecule has 4 aliphatic carbocycles. The predicted molar refractivity (Wildman–Crippen MR) is 129 cm³/mol. The maximum Gasteiger partial charge on any atom is 0.302 e. The van der Waals surface area contributed by atoms with Crippen LogP contribution in [0.15, 0.2) is 41.7 Å². The number of rotatable bonds is 2. The van der Waals surface area contributed by atoms with E-state index < -0.39 is 0 Å². The number of allylic oxidation sites excluding steroid dienone is 3. The molecule has 0 bridgehead atoms. The summed E-state index contributed by atoms with van der Waals surface area (Å²) in [6.45, 7) is 11.4. The summed E-state index contributed by atoms with van der Waals surface area (Å²) < 4.78 is 5.62. The van der Waals surface area contributed by atoms with Crippen molar-refractivity contribution in [1.29, 1.82) is 5.26 Å². The summed E-state index contributed by atoms with van der Waals surface area (Å²) in [6, 6.07) is 6.85. The van der Waals surface area contributed by atoms with Crippen LogP contribution in [0.25, 0.3) is 5.57 Å². The van der Waals surface area contributed by atoms with Gasteiger partial charge in [-0.05, 0) is 88.9 Å².